The largest absolute Gasteiger partial charge is 0.481 e. The molecule has 3 fully saturated rings. The van der Waals surface area contributed by atoms with Crippen LogP contribution in [0.1, 0.15) is 49.0 Å². The van der Waals surface area contributed by atoms with Crippen molar-refractivity contribution in [3.05, 3.63) is 17.8 Å². The zero-order chi connectivity index (χ0) is 19.9. The molecule has 0 spiro atoms. The van der Waals surface area contributed by atoms with Crippen molar-refractivity contribution >= 4 is 17.6 Å². The summed E-state index contributed by atoms with van der Waals surface area (Å²) in [4.78, 5) is 29.5. The van der Waals surface area contributed by atoms with Gasteiger partial charge in [-0.15, -0.1) is 0 Å². The van der Waals surface area contributed by atoms with Crippen LogP contribution in [0.25, 0.3) is 0 Å². The first-order valence-electron chi connectivity index (χ1n) is 9.56. The van der Waals surface area contributed by atoms with Gasteiger partial charge in [-0.25, -0.2) is 13.8 Å². The number of nitrogens with one attached hydrogen (secondary N) is 1. The lowest BCUT2D eigenvalue weighted by molar-refractivity contribution is -0.139. The summed E-state index contributed by atoms with van der Waals surface area (Å²) in [7, 11) is 0. The molecule has 0 aromatic carbocycles. The maximum absolute atomic E-state index is 13.3. The molecule has 1 aromatic heterocycles. The standard InChI is InChI=1S/C19H23F2N3O4/c20-19(21)10-24(11-19)14-5-4-13(22-17(14)28-9-12-2-3-12)16(27)23-18(6-1-7-18)8-15(25)26/h4-5,12H,1-3,6-11H2,(H,23,27)(H,25,26). The predicted octanol–water partition coefficient (Wildman–Crippen LogP) is 2.45. The minimum absolute atomic E-state index is 0.0958. The van der Waals surface area contributed by atoms with Crippen molar-refractivity contribution in [1.82, 2.24) is 10.3 Å². The molecule has 2 heterocycles. The molecule has 4 rings (SSSR count). The summed E-state index contributed by atoms with van der Waals surface area (Å²) < 4.78 is 32.3. The Morgan fingerprint density at radius 3 is 2.54 bits per heavy atom. The number of aromatic nitrogens is 1. The van der Waals surface area contributed by atoms with Gasteiger partial charge >= 0.3 is 5.97 Å². The van der Waals surface area contributed by atoms with E-state index in [-0.39, 0.29) is 18.0 Å². The van der Waals surface area contributed by atoms with Gasteiger partial charge in [0, 0.05) is 0 Å². The van der Waals surface area contributed by atoms with Gasteiger partial charge in [0.25, 0.3) is 11.8 Å². The van der Waals surface area contributed by atoms with E-state index in [1.807, 2.05) is 0 Å². The molecule has 1 amide bonds. The molecule has 1 aromatic rings. The molecule has 0 atom stereocenters. The Hall–Kier alpha value is -2.45. The van der Waals surface area contributed by atoms with Gasteiger partial charge in [-0.2, -0.15) is 0 Å². The van der Waals surface area contributed by atoms with Crippen molar-refractivity contribution in [3.8, 4) is 5.88 Å². The number of halogens is 2. The number of carbonyl (C=O) groups excluding carboxylic acids is 1. The molecule has 0 radical (unpaired) electrons. The molecule has 9 heteroatoms. The number of anilines is 1. The lowest BCUT2D eigenvalue weighted by Gasteiger charge is -2.41. The maximum atomic E-state index is 13.3. The number of carbonyl (C=O) groups is 2. The summed E-state index contributed by atoms with van der Waals surface area (Å²) in [6.07, 6.45) is 4.07. The predicted molar refractivity (Wildman–Crippen MR) is 95.9 cm³/mol. The number of ether oxygens (including phenoxy) is 1. The summed E-state index contributed by atoms with van der Waals surface area (Å²) in [5.41, 5.74) is -0.191. The molecule has 2 aliphatic carbocycles. The molecule has 3 aliphatic rings. The minimum atomic E-state index is -2.72. The molecule has 1 saturated heterocycles. The van der Waals surface area contributed by atoms with Crippen LogP contribution in [-0.2, 0) is 4.79 Å². The van der Waals surface area contributed by atoms with Crippen LogP contribution in [0.2, 0.25) is 0 Å². The van der Waals surface area contributed by atoms with Crippen molar-refractivity contribution in [3.63, 3.8) is 0 Å². The summed E-state index contributed by atoms with van der Waals surface area (Å²) in [6, 6.07) is 3.04. The number of carboxylic acid groups (broad SMARTS) is 1. The second-order valence-corrected chi connectivity index (χ2v) is 8.15. The number of rotatable bonds is 8. The lowest BCUT2D eigenvalue weighted by Crippen LogP contribution is -2.56. The number of carboxylic acids is 1. The van der Waals surface area contributed by atoms with Gasteiger partial charge in [0.2, 0.25) is 5.88 Å². The normalized spacial score (nSPS) is 22.0. The van der Waals surface area contributed by atoms with Crippen molar-refractivity contribution in [2.75, 3.05) is 24.6 Å². The molecule has 2 N–H and O–H groups in total. The van der Waals surface area contributed by atoms with Crippen LogP contribution in [0.15, 0.2) is 12.1 Å². The molecule has 28 heavy (non-hydrogen) atoms. The Morgan fingerprint density at radius 1 is 1.29 bits per heavy atom. The van der Waals surface area contributed by atoms with Crippen LogP contribution in [-0.4, -0.2) is 53.1 Å². The third-order valence-corrected chi connectivity index (χ3v) is 5.59. The summed E-state index contributed by atoms with van der Waals surface area (Å²) in [6.45, 7) is -0.359. The highest BCUT2D eigenvalue weighted by atomic mass is 19.3. The second-order valence-electron chi connectivity index (χ2n) is 8.15. The van der Waals surface area contributed by atoms with Crippen LogP contribution < -0.4 is 15.0 Å². The highest BCUT2D eigenvalue weighted by Gasteiger charge is 2.45. The topological polar surface area (TPSA) is 91.8 Å². The Bertz CT molecular complexity index is 785. The molecular formula is C19H23F2N3O4. The zero-order valence-corrected chi connectivity index (χ0v) is 15.4. The molecular weight excluding hydrogens is 372 g/mol. The Labute approximate surface area is 161 Å². The first-order valence-corrected chi connectivity index (χ1v) is 9.56. The third-order valence-electron chi connectivity index (χ3n) is 5.59. The number of alkyl halides is 2. The molecule has 2 saturated carbocycles. The molecule has 1 aliphatic heterocycles. The van der Waals surface area contributed by atoms with Crippen molar-refractivity contribution in [2.45, 2.75) is 50.0 Å². The third kappa shape index (κ3) is 4.02. The summed E-state index contributed by atoms with van der Waals surface area (Å²) in [5, 5.41) is 11.9. The van der Waals surface area contributed by atoms with Crippen LogP contribution in [0.3, 0.4) is 0 Å². The van der Waals surface area contributed by atoms with E-state index >= 15 is 0 Å². The van der Waals surface area contributed by atoms with Gasteiger partial charge in [-0.05, 0) is 50.2 Å². The number of hydrogen-bond donors (Lipinski definition) is 2. The monoisotopic (exact) mass is 395 g/mol. The van der Waals surface area contributed by atoms with E-state index < -0.39 is 36.4 Å². The number of amides is 1. The summed E-state index contributed by atoms with van der Waals surface area (Å²) >= 11 is 0. The quantitative estimate of drug-likeness (QED) is 0.703. The average Bonchev–Trinajstić information content (AvgIpc) is 3.39. The first-order chi connectivity index (χ1) is 13.3. The van der Waals surface area contributed by atoms with E-state index in [2.05, 4.69) is 10.3 Å². The number of hydrogen-bond acceptors (Lipinski definition) is 5. The number of nitrogens with zero attached hydrogens (tertiary/aromatic N) is 2. The first kappa shape index (κ1) is 18.9. The van der Waals surface area contributed by atoms with E-state index in [0.29, 0.717) is 31.1 Å². The van der Waals surface area contributed by atoms with E-state index in [0.717, 1.165) is 19.3 Å². The van der Waals surface area contributed by atoms with Crippen molar-refractivity contribution in [1.29, 1.82) is 0 Å². The van der Waals surface area contributed by atoms with Gasteiger partial charge in [0.1, 0.15) is 11.4 Å². The smallest absolute Gasteiger partial charge is 0.305 e. The van der Waals surface area contributed by atoms with Gasteiger partial charge < -0.3 is 20.1 Å². The second kappa shape index (κ2) is 6.86. The molecule has 0 bridgehead atoms. The minimum Gasteiger partial charge on any atom is -0.481 e. The maximum Gasteiger partial charge on any atom is 0.305 e. The average molecular weight is 395 g/mol. The number of aliphatic carboxylic acids is 1. The van der Waals surface area contributed by atoms with Crippen LogP contribution in [0.4, 0.5) is 14.5 Å². The number of pyridine rings is 1. The van der Waals surface area contributed by atoms with Crippen molar-refractivity contribution < 1.29 is 28.2 Å². The fourth-order valence-electron chi connectivity index (χ4n) is 3.61. The van der Waals surface area contributed by atoms with Crippen LogP contribution >= 0.6 is 0 Å². The van der Waals surface area contributed by atoms with Gasteiger partial charge in [-0.3, -0.25) is 9.59 Å². The highest BCUT2D eigenvalue weighted by Crippen LogP contribution is 2.38. The van der Waals surface area contributed by atoms with Gasteiger partial charge in [0.05, 0.1) is 31.7 Å². The van der Waals surface area contributed by atoms with Crippen molar-refractivity contribution in [2.24, 2.45) is 5.92 Å². The molecule has 0 unspecified atom stereocenters. The van der Waals surface area contributed by atoms with E-state index in [9.17, 15) is 18.4 Å². The van der Waals surface area contributed by atoms with Gasteiger partial charge in [-0.1, -0.05) is 0 Å². The Kier molecular flexibility index (Phi) is 4.63. The van der Waals surface area contributed by atoms with E-state index in [1.54, 1.807) is 6.07 Å². The SMILES string of the molecule is O=C(O)CC1(NC(=O)c2ccc(N3CC(F)(F)C3)c(OCC3CC3)n2)CCC1. The van der Waals surface area contributed by atoms with E-state index in [1.165, 1.54) is 11.0 Å². The Balaban J connectivity index is 1.51. The Morgan fingerprint density at radius 2 is 2.00 bits per heavy atom. The van der Waals surface area contributed by atoms with Crippen LogP contribution in [0.5, 0.6) is 5.88 Å². The molecule has 152 valence electrons. The zero-order valence-electron chi connectivity index (χ0n) is 15.4. The summed E-state index contributed by atoms with van der Waals surface area (Å²) in [5.74, 6) is -3.54. The highest BCUT2D eigenvalue weighted by molar-refractivity contribution is 5.94. The van der Waals surface area contributed by atoms with Gasteiger partial charge in [0.15, 0.2) is 0 Å². The fourth-order valence-corrected chi connectivity index (χ4v) is 3.61. The lowest BCUT2D eigenvalue weighted by atomic mass is 9.74. The molecule has 7 nitrogen and oxygen atoms in total. The van der Waals surface area contributed by atoms with Crippen LogP contribution in [0, 0.1) is 5.92 Å². The van der Waals surface area contributed by atoms with E-state index in [4.69, 9.17) is 9.84 Å². The fraction of sp³-hybridized carbons (Fsp3) is 0.632.